The van der Waals surface area contributed by atoms with Gasteiger partial charge in [-0.15, -0.1) is 0 Å². The van der Waals surface area contributed by atoms with Crippen LogP contribution in [0.25, 0.3) is 0 Å². The smallest absolute Gasteiger partial charge is 0.213 e. The van der Waals surface area contributed by atoms with E-state index in [-0.39, 0.29) is 5.41 Å². The van der Waals surface area contributed by atoms with E-state index in [0.717, 1.165) is 12.2 Å². The Hall–Kier alpha value is -1.09. The predicted molar refractivity (Wildman–Crippen MR) is 62.3 cm³/mol. The molecule has 1 aromatic rings. The molecule has 0 aliphatic heterocycles. The minimum absolute atomic E-state index is 0.0526. The third kappa shape index (κ3) is 3.20. The van der Waals surface area contributed by atoms with Gasteiger partial charge < -0.3 is 10.1 Å². The van der Waals surface area contributed by atoms with E-state index >= 15 is 0 Å². The summed E-state index contributed by atoms with van der Waals surface area (Å²) in [6.07, 6.45) is 0. The quantitative estimate of drug-likeness (QED) is 0.826. The van der Waals surface area contributed by atoms with Gasteiger partial charge in [-0.05, 0) is 18.7 Å². The molecule has 0 amide bonds. The molecule has 0 radical (unpaired) electrons. The highest BCUT2D eigenvalue weighted by Gasteiger charge is 2.17. The molecule has 0 unspecified atom stereocenters. The lowest BCUT2D eigenvalue weighted by Crippen LogP contribution is -2.15. The molecule has 84 valence electrons. The SMILES string of the molecule is CNCc1cc(OC)nc(C(C)(C)C)c1. The third-order valence-electron chi connectivity index (χ3n) is 2.22. The molecule has 0 saturated carbocycles. The van der Waals surface area contributed by atoms with Crippen LogP contribution in [0.5, 0.6) is 5.88 Å². The zero-order chi connectivity index (χ0) is 11.5. The van der Waals surface area contributed by atoms with Crippen LogP contribution in [0, 0.1) is 0 Å². The van der Waals surface area contributed by atoms with E-state index < -0.39 is 0 Å². The molecular weight excluding hydrogens is 188 g/mol. The minimum atomic E-state index is 0.0526. The summed E-state index contributed by atoms with van der Waals surface area (Å²) in [6.45, 7) is 7.29. The fraction of sp³-hybridized carbons (Fsp3) is 0.583. The molecule has 3 nitrogen and oxygen atoms in total. The van der Waals surface area contributed by atoms with Crippen LogP contribution in [0.2, 0.25) is 0 Å². The van der Waals surface area contributed by atoms with Crippen molar-refractivity contribution in [1.29, 1.82) is 0 Å². The number of nitrogens with one attached hydrogen (secondary N) is 1. The lowest BCUT2D eigenvalue weighted by molar-refractivity contribution is 0.391. The Balaban J connectivity index is 3.11. The van der Waals surface area contributed by atoms with Gasteiger partial charge in [0.15, 0.2) is 0 Å². The number of rotatable bonds is 3. The predicted octanol–water partition coefficient (Wildman–Crippen LogP) is 2.11. The summed E-state index contributed by atoms with van der Waals surface area (Å²) in [5.41, 5.74) is 2.32. The van der Waals surface area contributed by atoms with Gasteiger partial charge in [0.2, 0.25) is 5.88 Å². The van der Waals surface area contributed by atoms with Crippen LogP contribution < -0.4 is 10.1 Å². The van der Waals surface area contributed by atoms with E-state index in [2.05, 4.69) is 37.1 Å². The van der Waals surface area contributed by atoms with Crippen molar-refractivity contribution in [2.24, 2.45) is 0 Å². The Bertz CT molecular complexity index is 329. The van der Waals surface area contributed by atoms with Crippen LogP contribution in [0.4, 0.5) is 0 Å². The molecular formula is C12H20N2O. The van der Waals surface area contributed by atoms with Gasteiger partial charge in [0, 0.05) is 18.0 Å². The van der Waals surface area contributed by atoms with Crippen LogP contribution in [0.15, 0.2) is 12.1 Å². The lowest BCUT2D eigenvalue weighted by atomic mass is 9.91. The number of nitrogens with zero attached hydrogens (tertiary/aromatic N) is 1. The second-order valence-corrected chi connectivity index (χ2v) is 4.68. The molecule has 0 spiro atoms. The number of ether oxygens (including phenoxy) is 1. The van der Waals surface area contributed by atoms with Crippen molar-refractivity contribution in [2.45, 2.75) is 32.7 Å². The number of hydrogen-bond acceptors (Lipinski definition) is 3. The highest BCUT2D eigenvalue weighted by atomic mass is 16.5. The van der Waals surface area contributed by atoms with Gasteiger partial charge in [-0.25, -0.2) is 4.98 Å². The standard InChI is InChI=1S/C12H20N2O/c1-12(2,3)10-6-9(8-13-4)7-11(14-10)15-5/h6-7,13H,8H2,1-5H3. The Morgan fingerprint density at radius 1 is 1.33 bits per heavy atom. The van der Waals surface area contributed by atoms with Crippen LogP contribution in [-0.2, 0) is 12.0 Å². The van der Waals surface area contributed by atoms with Crippen molar-refractivity contribution >= 4 is 0 Å². The van der Waals surface area contributed by atoms with E-state index in [4.69, 9.17) is 4.74 Å². The van der Waals surface area contributed by atoms with E-state index in [0.29, 0.717) is 5.88 Å². The summed E-state index contributed by atoms with van der Waals surface area (Å²) in [5, 5.41) is 3.13. The molecule has 0 aromatic carbocycles. The summed E-state index contributed by atoms with van der Waals surface area (Å²) in [4.78, 5) is 4.46. The van der Waals surface area contributed by atoms with Gasteiger partial charge in [-0.3, -0.25) is 0 Å². The maximum absolute atomic E-state index is 5.20. The topological polar surface area (TPSA) is 34.1 Å². The molecule has 15 heavy (non-hydrogen) atoms. The largest absolute Gasteiger partial charge is 0.481 e. The average molecular weight is 208 g/mol. The number of methoxy groups -OCH3 is 1. The average Bonchev–Trinajstić information content (AvgIpc) is 2.16. The zero-order valence-electron chi connectivity index (χ0n) is 10.2. The maximum atomic E-state index is 5.20. The first kappa shape index (κ1) is 12.0. The first-order chi connectivity index (χ1) is 6.97. The summed E-state index contributed by atoms with van der Waals surface area (Å²) in [5.74, 6) is 0.688. The van der Waals surface area contributed by atoms with Crippen LogP contribution >= 0.6 is 0 Å². The second-order valence-electron chi connectivity index (χ2n) is 4.68. The molecule has 1 N–H and O–H groups in total. The maximum Gasteiger partial charge on any atom is 0.213 e. The molecule has 1 heterocycles. The Morgan fingerprint density at radius 3 is 2.47 bits per heavy atom. The minimum Gasteiger partial charge on any atom is -0.481 e. The Morgan fingerprint density at radius 2 is 2.00 bits per heavy atom. The first-order valence-corrected chi connectivity index (χ1v) is 5.17. The second kappa shape index (κ2) is 4.62. The Kier molecular flexibility index (Phi) is 3.69. The van der Waals surface area contributed by atoms with Crippen LogP contribution in [0.3, 0.4) is 0 Å². The van der Waals surface area contributed by atoms with E-state index in [9.17, 15) is 0 Å². The van der Waals surface area contributed by atoms with Gasteiger partial charge in [0.25, 0.3) is 0 Å². The molecule has 0 bridgehead atoms. The summed E-state index contributed by atoms with van der Waals surface area (Å²) in [7, 11) is 3.58. The monoisotopic (exact) mass is 208 g/mol. The van der Waals surface area contributed by atoms with Crippen molar-refractivity contribution < 1.29 is 4.74 Å². The van der Waals surface area contributed by atoms with Crippen molar-refractivity contribution in [2.75, 3.05) is 14.2 Å². The lowest BCUT2D eigenvalue weighted by Gasteiger charge is -2.19. The number of hydrogen-bond donors (Lipinski definition) is 1. The van der Waals surface area contributed by atoms with Gasteiger partial charge in [-0.2, -0.15) is 0 Å². The van der Waals surface area contributed by atoms with Crippen LogP contribution in [0.1, 0.15) is 32.0 Å². The molecule has 3 heteroatoms. The fourth-order valence-electron chi connectivity index (χ4n) is 1.35. The molecule has 0 aliphatic rings. The molecule has 1 rings (SSSR count). The van der Waals surface area contributed by atoms with E-state index in [1.54, 1.807) is 7.11 Å². The third-order valence-corrected chi connectivity index (χ3v) is 2.22. The van der Waals surface area contributed by atoms with Crippen molar-refractivity contribution in [1.82, 2.24) is 10.3 Å². The number of aromatic nitrogens is 1. The van der Waals surface area contributed by atoms with E-state index in [1.807, 2.05) is 13.1 Å². The summed E-state index contributed by atoms with van der Waals surface area (Å²) >= 11 is 0. The molecule has 0 atom stereocenters. The number of pyridine rings is 1. The molecule has 0 fully saturated rings. The van der Waals surface area contributed by atoms with Gasteiger partial charge >= 0.3 is 0 Å². The first-order valence-electron chi connectivity index (χ1n) is 5.17. The fourth-order valence-corrected chi connectivity index (χ4v) is 1.35. The van der Waals surface area contributed by atoms with Gasteiger partial charge in [0.05, 0.1) is 12.8 Å². The van der Waals surface area contributed by atoms with Crippen molar-refractivity contribution in [3.8, 4) is 5.88 Å². The summed E-state index contributed by atoms with van der Waals surface area (Å²) < 4.78 is 5.20. The van der Waals surface area contributed by atoms with Gasteiger partial charge in [0.1, 0.15) is 0 Å². The van der Waals surface area contributed by atoms with Crippen molar-refractivity contribution in [3.63, 3.8) is 0 Å². The Labute approximate surface area is 91.9 Å². The highest BCUT2D eigenvalue weighted by Crippen LogP contribution is 2.23. The van der Waals surface area contributed by atoms with Crippen LogP contribution in [-0.4, -0.2) is 19.1 Å². The molecule has 0 saturated heterocycles. The highest BCUT2D eigenvalue weighted by molar-refractivity contribution is 5.28. The summed E-state index contributed by atoms with van der Waals surface area (Å²) in [6, 6.07) is 4.09. The zero-order valence-corrected chi connectivity index (χ0v) is 10.2. The van der Waals surface area contributed by atoms with E-state index in [1.165, 1.54) is 5.56 Å². The normalized spacial score (nSPS) is 11.5. The van der Waals surface area contributed by atoms with Crippen molar-refractivity contribution in [3.05, 3.63) is 23.4 Å². The molecule has 0 aliphatic carbocycles. The molecule has 1 aromatic heterocycles. The van der Waals surface area contributed by atoms with Gasteiger partial charge in [-0.1, -0.05) is 20.8 Å².